The Kier molecular flexibility index (Phi) is 8.16. The highest BCUT2D eigenvalue weighted by molar-refractivity contribution is 6.75. The summed E-state index contributed by atoms with van der Waals surface area (Å²) in [7, 11) is 0. The van der Waals surface area contributed by atoms with Gasteiger partial charge in [-0.15, -0.1) is 0 Å². The summed E-state index contributed by atoms with van der Waals surface area (Å²) >= 11 is 15.7. The highest BCUT2D eigenvalue weighted by atomic mass is 35.6. The molecule has 0 aromatic rings. The van der Waals surface area contributed by atoms with Crippen LogP contribution in [0.1, 0.15) is 45.4 Å². The van der Waals surface area contributed by atoms with Gasteiger partial charge in [-0.1, -0.05) is 67.4 Å². The number of ether oxygens (including phenoxy) is 1. The van der Waals surface area contributed by atoms with Crippen LogP contribution in [0, 0.1) is 0 Å². The van der Waals surface area contributed by atoms with E-state index in [2.05, 4.69) is 11.7 Å². The summed E-state index contributed by atoms with van der Waals surface area (Å²) in [5, 5.41) is 0. The predicted molar refractivity (Wildman–Crippen MR) is 64.8 cm³/mol. The maximum Gasteiger partial charge on any atom is 0.366 e. The normalized spacial score (nSPS) is 11.2. The fourth-order valence-corrected chi connectivity index (χ4v) is 1.20. The van der Waals surface area contributed by atoms with Crippen LogP contribution in [-0.2, 0) is 14.3 Å². The molecule has 0 saturated heterocycles. The molecule has 0 aromatic carbocycles. The van der Waals surface area contributed by atoms with Crippen LogP contribution in [0.3, 0.4) is 0 Å². The zero-order chi connectivity index (χ0) is 12.6. The van der Waals surface area contributed by atoms with Crippen molar-refractivity contribution in [3.8, 4) is 0 Å². The maximum atomic E-state index is 11.1. The van der Waals surface area contributed by atoms with Crippen LogP contribution in [0.4, 0.5) is 0 Å². The van der Waals surface area contributed by atoms with E-state index in [-0.39, 0.29) is 6.42 Å². The number of carbonyl (C=O) groups excluding carboxylic acids is 2. The van der Waals surface area contributed by atoms with E-state index < -0.39 is 15.7 Å². The van der Waals surface area contributed by atoms with Crippen LogP contribution < -0.4 is 0 Å². The Balaban J connectivity index is 3.63. The van der Waals surface area contributed by atoms with Gasteiger partial charge in [-0.25, -0.2) is 4.79 Å². The quantitative estimate of drug-likeness (QED) is 0.323. The van der Waals surface area contributed by atoms with Gasteiger partial charge in [0, 0.05) is 6.42 Å². The zero-order valence-electron chi connectivity index (χ0n) is 9.10. The van der Waals surface area contributed by atoms with Crippen LogP contribution in [0.5, 0.6) is 0 Å². The number of hydrogen-bond donors (Lipinski definition) is 0. The number of hydrogen-bond acceptors (Lipinski definition) is 3. The van der Waals surface area contributed by atoms with E-state index in [0.717, 1.165) is 25.7 Å². The first kappa shape index (κ1) is 16.0. The lowest BCUT2D eigenvalue weighted by atomic mass is 10.1. The number of carbonyl (C=O) groups is 2. The van der Waals surface area contributed by atoms with Gasteiger partial charge in [0.05, 0.1) is 0 Å². The lowest BCUT2D eigenvalue weighted by Crippen LogP contribution is -2.25. The minimum Gasteiger partial charge on any atom is -0.390 e. The summed E-state index contributed by atoms with van der Waals surface area (Å²) in [5.41, 5.74) is 0. The van der Waals surface area contributed by atoms with Crippen LogP contribution in [0.25, 0.3) is 0 Å². The number of unbranched alkanes of at least 4 members (excludes halogenated alkanes) is 4. The van der Waals surface area contributed by atoms with E-state index in [1.165, 1.54) is 0 Å². The number of halogens is 3. The molecule has 0 aliphatic rings. The SMILES string of the molecule is CCCCCCCC(=O)OC(=O)C(Cl)(Cl)Cl. The average molecular weight is 290 g/mol. The lowest BCUT2D eigenvalue weighted by molar-refractivity contribution is -0.159. The number of esters is 2. The molecule has 0 heterocycles. The molecule has 0 fully saturated rings. The second-order valence-corrected chi connectivity index (χ2v) is 5.70. The highest BCUT2D eigenvalue weighted by Crippen LogP contribution is 2.27. The van der Waals surface area contributed by atoms with Crippen molar-refractivity contribution in [2.45, 2.75) is 49.2 Å². The van der Waals surface area contributed by atoms with Gasteiger partial charge in [-0.05, 0) is 6.42 Å². The topological polar surface area (TPSA) is 43.4 Å². The molecule has 0 rings (SSSR count). The van der Waals surface area contributed by atoms with Gasteiger partial charge in [-0.2, -0.15) is 0 Å². The van der Waals surface area contributed by atoms with Crippen molar-refractivity contribution in [1.82, 2.24) is 0 Å². The van der Waals surface area contributed by atoms with Crippen molar-refractivity contribution in [1.29, 1.82) is 0 Å². The van der Waals surface area contributed by atoms with Crippen LogP contribution in [0.2, 0.25) is 0 Å². The standard InChI is InChI=1S/C10H15Cl3O3/c1-2-3-4-5-6-7-8(14)16-9(15)10(11,12)13/h2-7H2,1H3. The highest BCUT2D eigenvalue weighted by Gasteiger charge is 2.34. The monoisotopic (exact) mass is 288 g/mol. The summed E-state index contributed by atoms with van der Waals surface area (Å²) in [4.78, 5) is 22.1. The third-order valence-electron chi connectivity index (χ3n) is 1.92. The van der Waals surface area contributed by atoms with E-state index in [0.29, 0.717) is 6.42 Å². The molecule has 0 spiro atoms. The summed E-state index contributed by atoms with van der Waals surface area (Å²) in [6.07, 6.45) is 5.15. The van der Waals surface area contributed by atoms with Gasteiger partial charge in [0.1, 0.15) is 0 Å². The third-order valence-corrected chi connectivity index (χ3v) is 2.39. The summed E-state index contributed by atoms with van der Waals surface area (Å²) in [6.45, 7) is 2.11. The van der Waals surface area contributed by atoms with Gasteiger partial charge in [-0.3, -0.25) is 4.79 Å². The van der Waals surface area contributed by atoms with Crippen LogP contribution in [-0.4, -0.2) is 15.7 Å². The van der Waals surface area contributed by atoms with Gasteiger partial charge < -0.3 is 4.74 Å². The van der Waals surface area contributed by atoms with E-state index >= 15 is 0 Å². The molecule has 6 heteroatoms. The lowest BCUT2D eigenvalue weighted by Gasteiger charge is -2.08. The minimum atomic E-state index is -2.18. The molecule has 16 heavy (non-hydrogen) atoms. The van der Waals surface area contributed by atoms with E-state index in [1.54, 1.807) is 0 Å². The molecule has 0 bridgehead atoms. The van der Waals surface area contributed by atoms with E-state index in [9.17, 15) is 9.59 Å². The molecule has 0 radical (unpaired) electrons. The predicted octanol–water partition coefficient (Wildman–Crippen LogP) is 3.79. The largest absolute Gasteiger partial charge is 0.390 e. The maximum absolute atomic E-state index is 11.1. The number of alkyl halides is 3. The molecule has 0 saturated carbocycles. The molecular weight excluding hydrogens is 274 g/mol. The van der Waals surface area contributed by atoms with Gasteiger partial charge in [0.15, 0.2) is 0 Å². The van der Waals surface area contributed by atoms with Gasteiger partial charge >= 0.3 is 11.9 Å². The molecule has 0 aliphatic carbocycles. The third kappa shape index (κ3) is 8.20. The summed E-state index contributed by atoms with van der Waals surface area (Å²) < 4.78 is 2.17. The second-order valence-electron chi connectivity index (χ2n) is 3.42. The Morgan fingerprint density at radius 2 is 1.62 bits per heavy atom. The summed E-state index contributed by atoms with van der Waals surface area (Å²) in [5.74, 6) is -1.79. The molecule has 0 atom stereocenters. The molecule has 0 aliphatic heterocycles. The first-order valence-corrected chi connectivity index (χ1v) is 6.33. The van der Waals surface area contributed by atoms with Gasteiger partial charge in [0.25, 0.3) is 3.79 Å². The summed E-state index contributed by atoms with van der Waals surface area (Å²) in [6, 6.07) is 0. The Hall–Kier alpha value is 0.01000. The molecule has 0 aromatic heterocycles. The molecule has 0 N–H and O–H groups in total. The van der Waals surface area contributed by atoms with Crippen molar-refractivity contribution >= 4 is 46.7 Å². The van der Waals surface area contributed by atoms with Gasteiger partial charge in [0.2, 0.25) is 0 Å². The molecule has 94 valence electrons. The van der Waals surface area contributed by atoms with E-state index in [1.807, 2.05) is 0 Å². The van der Waals surface area contributed by atoms with Crippen molar-refractivity contribution in [3.63, 3.8) is 0 Å². The Morgan fingerprint density at radius 1 is 1.06 bits per heavy atom. The Labute approximate surface area is 110 Å². The average Bonchev–Trinajstić information content (AvgIpc) is 2.16. The molecular formula is C10H15Cl3O3. The zero-order valence-corrected chi connectivity index (χ0v) is 11.4. The first-order valence-electron chi connectivity index (χ1n) is 5.19. The Morgan fingerprint density at radius 3 is 2.12 bits per heavy atom. The van der Waals surface area contributed by atoms with Crippen molar-refractivity contribution < 1.29 is 14.3 Å². The smallest absolute Gasteiger partial charge is 0.366 e. The molecule has 3 nitrogen and oxygen atoms in total. The van der Waals surface area contributed by atoms with Crippen molar-refractivity contribution in [3.05, 3.63) is 0 Å². The van der Waals surface area contributed by atoms with Crippen LogP contribution >= 0.6 is 34.8 Å². The molecule has 0 unspecified atom stereocenters. The van der Waals surface area contributed by atoms with Crippen LogP contribution in [0.15, 0.2) is 0 Å². The molecule has 0 amide bonds. The fraction of sp³-hybridized carbons (Fsp3) is 0.800. The first-order chi connectivity index (χ1) is 7.38. The second kappa shape index (κ2) is 8.15. The fourth-order valence-electron chi connectivity index (χ4n) is 1.09. The Bertz CT molecular complexity index is 236. The number of rotatable bonds is 6. The van der Waals surface area contributed by atoms with E-state index in [4.69, 9.17) is 34.8 Å². The minimum absolute atomic E-state index is 0.177. The van der Waals surface area contributed by atoms with Crippen molar-refractivity contribution in [2.75, 3.05) is 0 Å². The van der Waals surface area contributed by atoms with Crippen molar-refractivity contribution in [2.24, 2.45) is 0 Å².